The summed E-state index contributed by atoms with van der Waals surface area (Å²) in [7, 11) is 0. The largest absolute Gasteiger partial charge is 0.387 e. The summed E-state index contributed by atoms with van der Waals surface area (Å²) in [5, 5.41) is 15.9. The summed E-state index contributed by atoms with van der Waals surface area (Å²) in [6.45, 7) is 0. The van der Waals surface area contributed by atoms with Crippen LogP contribution in [-0.2, 0) is 9.63 Å². The molecule has 1 saturated carbocycles. The minimum absolute atomic E-state index is 0.192. The molecule has 2 aromatic rings. The molecule has 0 radical (unpaired) electrons. The van der Waals surface area contributed by atoms with Gasteiger partial charge < -0.3 is 10.2 Å². The Balaban J connectivity index is 1.37. The Bertz CT molecular complexity index is 914. The van der Waals surface area contributed by atoms with Gasteiger partial charge >= 0.3 is 0 Å². The molecular formula is C21H22N4O4. The van der Waals surface area contributed by atoms with Gasteiger partial charge in [0.15, 0.2) is 6.10 Å². The van der Waals surface area contributed by atoms with Crippen LogP contribution < -0.4 is 10.8 Å². The molecule has 1 aliphatic heterocycles. The normalized spacial score (nSPS) is 23.2. The first-order chi connectivity index (χ1) is 14.2. The van der Waals surface area contributed by atoms with Gasteiger partial charge in [0, 0.05) is 36.0 Å². The summed E-state index contributed by atoms with van der Waals surface area (Å²) >= 11 is 0. The summed E-state index contributed by atoms with van der Waals surface area (Å²) in [6.07, 6.45) is 6.09. The molecule has 2 heterocycles. The van der Waals surface area contributed by atoms with Crippen molar-refractivity contribution in [2.45, 2.75) is 37.8 Å². The lowest BCUT2D eigenvalue weighted by atomic mass is 9.99. The molecule has 8 heteroatoms. The summed E-state index contributed by atoms with van der Waals surface area (Å²) in [6, 6.07) is 10.7. The predicted octanol–water partition coefficient (Wildman–Crippen LogP) is 2.35. The van der Waals surface area contributed by atoms with Crippen molar-refractivity contribution in [2.75, 3.05) is 0 Å². The number of hydrogen-bond acceptors (Lipinski definition) is 6. The zero-order valence-electron chi connectivity index (χ0n) is 15.7. The van der Waals surface area contributed by atoms with Crippen molar-refractivity contribution >= 4 is 17.5 Å². The molecule has 4 rings (SSSR count). The summed E-state index contributed by atoms with van der Waals surface area (Å²) in [5.74, 6) is -1.09. The number of nitrogens with zero attached hydrogens (tertiary/aromatic N) is 2. The molecule has 150 valence electrons. The number of carbonyl (C=O) groups is 2. The van der Waals surface area contributed by atoms with Gasteiger partial charge in [-0.25, -0.2) is 5.48 Å². The lowest BCUT2D eigenvalue weighted by Gasteiger charge is -2.19. The molecule has 2 aliphatic rings. The van der Waals surface area contributed by atoms with Crippen molar-refractivity contribution in [1.29, 1.82) is 0 Å². The van der Waals surface area contributed by atoms with Crippen LogP contribution in [0, 0.1) is 5.92 Å². The Hall–Kier alpha value is -3.26. The topological polar surface area (TPSA) is 113 Å². The van der Waals surface area contributed by atoms with Crippen LogP contribution in [0.3, 0.4) is 0 Å². The van der Waals surface area contributed by atoms with E-state index in [1.165, 1.54) is 0 Å². The Kier molecular flexibility index (Phi) is 5.53. The maximum absolute atomic E-state index is 12.6. The number of hydrogen-bond donors (Lipinski definition) is 3. The van der Waals surface area contributed by atoms with Gasteiger partial charge in [-0.2, -0.15) is 0 Å². The van der Waals surface area contributed by atoms with Crippen LogP contribution >= 0.6 is 0 Å². The minimum Gasteiger partial charge on any atom is -0.387 e. The van der Waals surface area contributed by atoms with E-state index in [2.05, 4.69) is 15.5 Å². The molecule has 3 unspecified atom stereocenters. The Morgan fingerprint density at radius 2 is 1.83 bits per heavy atom. The maximum atomic E-state index is 12.6. The molecule has 0 spiro atoms. The van der Waals surface area contributed by atoms with Gasteiger partial charge in [0.25, 0.3) is 5.91 Å². The second-order valence-electron chi connectivity index (χ2n) is 7.29. The van der Waals surface area contributed by atoms with E-state index in [1.807, 2.05) is 24.3 Å². The van der Waals surface area contributed by atoms with Crippen molar-refractivity contribution in [1.82, 2.24) is 15.8 Å². The number of oxime groups is 1. The molecular weight excluding hydrogens is 372 g/mol. The first-order valence-electron chi connectivity index (χ1n) is 9.63. The summed E-state index contributed by atoms with van der Waals surface area (Å²) in [4.78, 5) is 33.9. The zero-order chi connectivity index (χ0) is 20.2. The standard InChI is InChI=1S/C21H22N4O4/c26-20(23-17-3-1-2-16(17)21(27)24-28)15-6-4-14(5-7-15)19-12-18(25-29-19)13-8-10-22-11-9-13/h4-11,16-17,19,28H,1-3,12H2,(H,23,26)(H,24,27). The molecule has 2 amide bonds. The summed E-state index contributed by atoms with van der Waals surface area (Å²) < 4.78 is 0. The van der Waals surface area contributed by atoms with Gasteiger partial charge in [-0.15, -0.1) is 0 Å². The molecule has 29 heavy (non-hydrogen) atoms. The van der Waals surface area contributed by atoms with Gasteiger partial charge in [0.2, 0.25) is 5.91 Å². The molecule has 3 atom stereocenters. The van der Waals surface area contributed by atoms with Gasteiger partial charge in [-0.1, -0.05) is 23.7 Å². The highest BCUT2D eigenvalue weighted by Gasteiger charge is 2.34. The third-order valence-electron chi connectivity index (χ3n) is 5.51. The quantitative estimate of drug-likeness (QED) is 0.532. The van der Waals surface area contributed by atoms with Crippen LogP contribution in [0.5, 0.6) is 0 Å². The Labute approximate surface area is 167 Å². The fraction of sp³-hybridized carbons (Fsp3) is 0.333. The number of hydroxylamine groups is 1. The van der Waals surface area contributed by atoms with Crippen LogP contribution in [0.15, 0.2) is 53.9 Å². The van der Waals surface area contributed by atoms with E-state index in [0.29, 0.717) is 24.8 Å². The lowest BCUT2D eigenvalue weighted by molar-refractivity contribution is -0.133. The molecule has 1 aromatic carbocycles. The monoisotopic (exact) mass is 394 g/mol. The molecule has 1 fully saturated rings. The van der Waals surface area contributed by atoms with E-state index in [9.17, 15) is 9.59 Å². The van der Waals surface area contributed by atoms with Crippen LogP contribution in [0.25, 0.3) is 0 Å². The first kappa shape index (κ1) is 19.1. The SMILES string of the molecule is O=C(NC1CCCC1C(=O)NO)c1ccc(C2CC(c3ccncc3)=NO2)cc1. The Morgan fingerprint density at radius 1 is 1.07 bits per heavy atom. The van der Waals surface area contributed by atoms with E-state index < -0.39 is 11.8 Å². The fourth-order valence-electron chi connectivity index (χ4n) is 3.90. The maximum Gasteiger partial charge on any atom is 0.251 e. The van der Waals surface area contributed by atoms with Gasteiger partial charge in [0.05, 0.1) is 11.6 Å². The highest BCUT2D eigenvalue weighted by atomic mass is 16.6. The molecule has 0 bridgehead atoms. The first-order valence-corrected chi connectivity index (χ1v) is 9.63. The molecule has 1 aliphatic carbocycles. The number of benzene rings is 1. The van der Waals surface area contributed by atoms with E-state index in [1.54, 1.807) is 30.0 Å². The predicted molar refractivity (Wildman–Crippen MR) is 104 cm³/mol. The van der Waals surface area contributed by atoms with Crippen molar-refractivity contribution < 1.29 is 19.6 Å². The van der Waals surface area contributed by atoms with Crippen molar-refractivity contribution in [3.8, 4) is 0 Å². The number of pyridine rings is 1. The Morgan fingerprint density at radius 3 is 2.55 bits per heavy atom. The van der Waals surface area contributed by atoms with Crippen LogP contribution in [0.1, 0.15) is 53.3 Å². The van der Waals surface area contributed by atoms with E-state index in [0.717, 1.165) is 23.3 Å². The number of carbonyl (C=O) groups excluding carboxylic acids is 2. The smallest absolute Gasteiger partial charge is 0.251 e. The molecule has 1 aromatic heterocycles. The second kappa shape index (κ2) is 8.40. The van der Waals surface area contributed by atoms with Crippen molar-refractivity contribution in [2.24, 2.45) is 11.1 Å². The van der Waals surface area contributed by atoms with Gasteiger partial charge in [0.1, 0.15) is 0 Å². The van der Waals surface area contributed by atoms with E-state index >= 15 is 0 Å². The van der Waals surface area contributed by atoms with Gasteiger partial charge in [-0.3, -0.25) is 19.8 Å². The highest BCUT2D eigenvalue weighted by Crippen LogP contribution is 2.30. The fourth-order valence-corrected chi connectivity index (χ4v) is 3.90. The third kappa shape index (κ3) is 4.12. The van der Waals surface area contributed by atoms with Crippen molar-refractivity contribution in [3.05, 3.63) is 65.5 Å². The third-order valence-corrected chi connectivity index (χ3v) is 5.51. The number of amides is 2. The van der Waals surface area contributed by atoms with Crippen molar-refractivity contribution in [3.63, 3.8) is 0 Å². The highest BCUT2D eigenvalue weighted by molar-refractivity contribution is 6.01. The number of aromatic nitrogens is 1. The van der Waals surface area contributed by atoms with Gasteiger partial charge in [-0.05, 0) is 42.7 Å². The molecule has 0 saturated heterocycles. The molecule has 8 nitrogen and oxygen atoms in total. The van der Waals surface area contributed by atoms with Crippen LogP contribution in [-0.4, -0.2) is 33.8 Å². The number of nitrogens with one attached hydrogen (secondary N) is 2. The van der Waals surface area contributed by atoms with Crippen LogP contribution in [0.4, 0.5) is 0 Å². The van der Waals surface area contributed by atoms with Crippen LogP contribution in [0.2, 0.25) is 0 Å². The average Bonchev–Trinajstić information content (AvgIpc) is 3.44. The molecule has 3 N–H and O–H groups in total. The number of rotatable bonds is 5. The average molecular weight is 394 g/mol. The van der Waals surface area contributed by atoms with E-state index in [4.69, 9.17) is 10.0 Å². The minimum atomic E-state index is -0.452. The zero-order valence-corrected chi connectivity index (χ0v) is 15.7. The second-order valence-corrected chi connectivity index (χ2v) is 7.29. The van der Waals surface area contributed by atoms with E-state index in [-0.39, 0.29) is 18.1 Å². The summed E-state index contributed by atoms with van der Waals surface area (Å²) in [5.41, 5.74) is 4.99. The lowest BCUT2D eigenvalue weighted by Crippen LogP contribution is -2.43.